The maximum Gasteiger partial charge on any atom is 0.0336 e. The Morgan fingerprint density at radius 1 is 1.37 bits per heavy atom. The summed E-state index contributed by atoms with van der Waals surface area (Å²) in [5.41, 5.74) is 6.24. The van der Waals surface area contributed by atoms with E-state index in [1.54, 1.807) is 0 Å². The van der Waals surface area contributed by atoms with Gasteiger partial charge in [-0.15, -0.1) is 11.3 Å². The van der Waals surface area contributed by atoms with Crippen molar-refractivity contribution in [3.05, 3.63) is 22.4 Å². The van der Waals surface area contributed by atoms with Gasteiger partial charge in [0.2, 0.25) is 0 Å². The molecule has 1 heterocycles. The van der Waals surface area contributed by atoms with Gasteiger partial charge in [-0.05, 0) is 38.6 Å². The molecule has 0 amide bonds. The number of nitrogens with two attached hydrogens (primary N) is 1. The molecule has 2 N–H and O–H groups in total. The Balaban J connectivity index is 2.75. The minimum absolute atomic E-state index is 0.118. The molecule has 0 aromatic carbocycles. The van der Waals surface area contributed by atoms with E-state index in [0.29, 0.717) is 6.04 Å². The van der Waals surface area contributed by atoms with Crippen molar-refractivity contribution in [3.63, 3.8) is 0 Å². The molecule has 0 fully saturated rings. The predicted octanol–water partition coefficient (Wildman–Crippen LogP) is 4.26. The maximum atomic E-state index is 6.12. The minimum Gasteiger partial charge on any atom is -0.329 e. The Kier molecular flexibility index (Phi) is 7.05. The first kappa shape index (κ1) is 16.7. The van der Waals surface area contributed by atoms with Crippen molar-refractivity contribution >= 4 is 11.3 Å². The number of rotatable bonds is 9. The van der Waals surface area contributed by atoms with Gasteiger partial charge in [-0.3, -0.25) is 4.90 Å². The van der Waals surface area contributed by atoms with Crippen LogP contribution < -0.4 is 5.73 Å². The van der Waals surface area contributed by atoms with Gasteiger partial charge in [-0.2, -0.15) is 0 Å². The highest BCUT2D eigenvalue weighted by Crippen LogP contribution is 2.27. The van der Waals surface area contributed by atoms with Crippen LogP contribution in [0.1, 0.15) is 58.3 Å². The second-order valence-corrected chi connectivity index (χ2v) is 6.99. The van der Waals surface area contributed by atoms with Crippen molar-refractivity contribution in [3.8, 4) is 0 Å². The van der Waals surface area contributed by atoms with E-state index in [2.05, 4.69) is 50.1 Å². The second kappa shape index (κ2) is 8.03. The van der Waals surface area contributed by atoms with E-state index < -0.39 is 0 Å². The maximum absolute atomic E-state index is 6.12. The Bertz CT molecular complexity index is 335. The van der Waals surface area contributed by atoms with E-state index in [-0.39, 0.29) is 5.54 Å². The highest BCUT2D eigenvalue weighted by molar-refractivity contribution is 7.09. The SMILES string of the molecule is CCCCCC(C)(CN)N(Cc1cccs1)C(C)C. The van der Waals surface area contributed by atoms with Gasteiger partial charge < -0.3 is 5.73 Å². The molecule has 0 saturated carbocycles. The number of hydrogen-bond donors (Lipinski definition) is 1. The van der Waals surface area contributed by atoms with Crippen LogP contribution in [-0.4, -0.2) is 23.0 Å². The monoisotopic (exact) mass is 282 g/mol. The van der Waals surface area contributed by atoms with Crippen molar-refractivity contribution in [2.75, 3.05) is 6.54 Å². The highest BCUT2D eigenvalue weighted by Gasteiger charge is 2.31. The lowest BCUT2D eigenvalue weighted by molar-refractivity contribution is 0.0588. The van der Waals surface area contributed by atoms with Crippen LogP contribution in [0.25, 0.3) is 0 Å². The summed E-state index contributed by atoms with van der Waals surface area (Å²) >= 11 is 1.84. The molecule has 1 atom stereocenters. The van der Waals surface area contributed by atoms with Crippen LogP contribution in [0.5, 0.6) is 0 Å². The van der Waals surface area contributed by atoms with Gasteiger partial charge in [0.25, 0.3) is 0 Å². The van der Waals surface area contributed by atoms with E-state index in [1.165, 1.54) is 30.6 Å². The van der Waals surface area contributed by atoms with Crippen LogP contribution >= 0.6 is 11.3 Å². The molecule has 19 heavy (non-hydrogen) atoms. The molecule has 2 nitrogen and oxygen atoms in total. The fourth-order valence-corrected chi connectivity index (χ4v) is 3.39. The molecule has 0 bridgehead atoms. The van der Waals surface area contributed by atoms with Crippen LogP contribution in [0.3, 0.4) is 0 Å². The van der Waals surface area contributed by atoms with E-state index in [4.69, 9.17) is 5.73 Å². The molecule has 1 rings (SSSR count). The molecular formula is C16H30N2S. The topological polar surface area (TPSA) is 29.3 Å². The average Bonchev–Trinajstić information content (AvgIpc) is 2.88. The highest BCUT2D eigenvalue weighted by atomic mass is 32.1. The zero-order valence-corrected chi connectivity index (χ0v) is 13.8. The van der Waals surface area contributed by atoms with Gasteiger partial charge in [0.1, 0.15) is 0 Å². The van der Waals surface area contributed by atoms with E-state index in [1.807, 2.05) is 11.3 Å². The summed E-state index contributed by atoms with van der Waals surface area (Å²) in [6.07, 6.45) is 5.05. The molecule has 0 aliphatic heterocycles. The fourth-order valence-electron chi connectivity index (χ4n) is 2.69. The number of hydrogen-bond acceptors (Lipinski definition) is 3. The summed E-state index contributed by atoms with van der Waals surface area (Å²) in [5, 5.41) is 2.16. The number of nitrogens with zero attached hydrogens (tertiary/aromatic N) is 1. The molecule has 0 aliphatic carbocycles. The van der Waals surface area contributed by atoms with Gasteiger partial charge in [0.15, 0.2) is 0 Å². The van der Waals surface area contributed by atoms with Crippen molar-refractivity contribution in [2.24, 2.45) is 5.73 Å². The van der Waals surface area contributed by atoms with Crippen molar-refractivity contribution in [1.82, 2.24) is 4.90 Å². The van der Waals surface area contributed by atoms with E-state index >= 15 is 0 Å². The lowest BCUT2D eigenvalue weighted by Crippen LogP contribution is -2.54. The van der Waals surface area contributed by atoms with Crippen LogP contribution in [-0.2, 0) is 6.54 Å². The van der Waals surface area contributed by atoms with Crippen molar-refractivity contribution in [2.45, 2.75) is 71.5 Å². The molecule has 0 aliphatic rings. The molecular weight excluding hydrogens is 252 g/mol. The Morgan fingerprint density at radius 3 is 2.58 bits per heavy atom. The summed E-state index contributed by atoms with van der Waals surface area (Å²) in [6, 6.07) is 4.88. The second-order valence-electron chi connectivity index (χ2n) is 5.96. The lowest BCUT2D eigenvalue weighted by Gasteiger charge is -2.43. The standard InChI is InChI=1S/C16H30N2S/c1-5-6-7-10-16(4,13-17)18(14(2)3)12-15-9-8-11-19-15/h8-9,11,14H,5-7,10,12-13,17H2,1-4H3. The minimum atomic E-state index is 0.118. The van der Waals surface area contributed by atoms with E-state index in [0.717, 1.165) is 13.1 Å². The molecule has 3 heteroatoms. The third kappa shape index (κ3) is 4.90. The van der Waals surface area contributed by atoms with Crippen LogP contribution in [0.4, 0.5) is 0 Å². The van der Waals surface area contributed by atoms with Gasteiger partial charge in [-0.1, -0.05) is 32.3 Å². The Morgan fingerprint density at radius 2 is 2.11 bits per heavy atom. The van der Waals surface area contributed by atoms with Crippen molar-refractivity contribution < 1.29 is 0 Å². The smallest absolute Gasteiger partial charge is 0.0336 e. The molecule has 1 aromatic heterocycles. The summed E-state index contributed by atoms with van der Waals surface area (Å²) in [4.78, 5) is 4.01. The number of thiophene rings is 1. The molecule has 1 aromatic rings. The molecule has 0 saturated heterocycles. The average molecular weight is 282 g/mol. The lowest BCUT2D eigenvalue weighted by atomic mass is 9.91. The zero-order valence-electron chi connectivity index (χ0n) is 13.0. The first-order chi connectivity index (χ1) is 9.03. The van der Waals surface area contributed by atoms with Crippen molar-refractivity contribution in [1.29, 1.82) is 0 Å². The third-order valence-electron chi connectivity index (χ3n) is 3.98. The molecule has 110 valence electrons. The van der Waals surface area contributed by atoms with Gasteiger partial charge in [0.05, 0.1) is 0 Å². The van der Waals surface area contributed by atoms with Gasteiger partial charge >= 0.3 is 0 Å². The molecule has 0 radical (unpaired) electrons. The molecule has 0 spiro atoms. The zero-order chi connectivity index (χ0) is 14.3. The molecule has 1 unspecified atom stereocenters. The normalized spacial score (nSPS) is 15.1. The van der Waals surface area contributed by atoms with E-state index in [9.17, 15) is 0 Å². The predicted molar refractivity (Wildman–Crippen MR) is 86.6 cm³/mol. The fraction of sp³-hybridized carbons (Fsp3) is 0.750. The van der Waals surface area contributed by atoms with Crippen LogP contribution in [0, 0.1) is 0 Å². The summed E-state index contributed by atoms with van der Waals surface area (Å²) in [6.45, 7) is 10.9. The summed E-state index contributed by atoms with van der Waals surface area (Å²) < 4.78 is 0. The number of unbranched alkanes of at least 4 members (excludes halogenated alkanes) is 2. The van der Waals surface area contributed by atoms with Crippen LogP contribution in [0.2, 0.25) is 0 Å². The largest absolute Gasteiger partial charge is 0.329 e. The first-order valence-corrected chi connectivity index (χ1v) is 8.40. The Hall–Kier alpha value is -0.380. The first-order valence-electron chi connectivity index (χ1n) is 7.52. The summed E-state index contributed by atoms with van der Waals surface area (Å²) in [7, 11) is 0. The van der Waals surface area contributed by atoms with Gasteiger partial charge in [0, 0.05) is 29.5 Å². The van der Waals surface area contributed by atoms with Crippen LogP contribution in [0.15, 0.2) is 17.5 Å². The summed E-state index contributed by atoms with van der Waals surface area (Å²) in [5.74, 6) is 0. The Labute approximate surface area is 123 Å². The van der Waals surface area contributed by atoms with Gasteiger partial charge in [-0.25, -0.2) is 0 Å². The third-order valence-corrected chi connectivity index (χ3v) is 4.84. The quantitative estimate of drug-likeness (QED) is 0.686.